The van der Waals surface area contributed by atoms with Crippen LogP contribution in [0.3, 0.4) is 0 Å². The normalized spacial score (nSPS) is 25.8. The van der Waals surface area contributed by atoms with Gasteiger partial charge in [-0.1, -0.05) is 36.4 Å². The molecule has 2 aliphatic heterocycles. The van der Waals surface area contributed by atoms with E-state index in [0.29, 0.717) is 17.9 Å². The fourth-order valence-corrected chi connectivity index (χ4v) is 6.23. The number of fused-ring (bicyclic) bond motifs is 2. The number of likely N-dealkylation sites (tertiary alicyclic amines) is 1. The molecule has 1 aromatic heterocycles. The van der Waals surface area contributed by atoms with Crippen LogP contribution in [-0.4, -0.2) is 48.0 Å². The van der Waals surface area contributed by atoms with Gasteiger partial charge in [0.25, 0.3) is 0 Å². The number of hydrogen-bond donors (Lipinski definition) is 2. The number of aromatic nitrogens is 1. The fourth-order valence-electron chi connectivity index (χ4n) is 6.23. The standard InChI is InChI=1S/C27H36N4O/c1-19(2)29-25-11-10-22-24(30-25)9-6-14-27(22)18-28-17-23(27)26(32)31-15-12-21(13-16-31)20-7-4-3-5-8-20/h3-5,7-8,10-11,19,21,23,28H,6,9,12-18H2,1-2H3,(H,29,30)/t23-,27-/m0/s1. The molecule has 1 aliphatic carbocycles. The molecule has 3 heterocycles. The van der Waals surface area contributed by atoms with Crippen molar-refractivity contribution < 1.29 is 4.79 Å². The number of amides is 1. The van der Waals surface area contributed by atoms with Crippen LogP contribution >= 0.6 is 0 Å². The Balaban J connectivity index is 1.34. The summed E-state index contributed by atoms with van der Waals surface area (Å²) in [6.45, 7) is 7.68. The number of rotatable bonds is 4. The van der Waals surface area contributed by atoms with E-state index in [4.69, 9.17) is 4.98 Å². The van der Waals surface area contributed by atoms with Gasteiger partial charge >= 0.3 is 0 Å². The van der Waals surface area contributed by atoms with Crippen LogP contribution in [0.15, 0.2) is 42.5 Å². The molecule has 1 aromatic carbocycles. The second-order valence-electron chi connectivity index (χ2n) is 10.2. The summed E-state index contributed by atoms with van der Waals surface area (Å²) in [5.74, 6) is 1.88. The third kappa shape index (κ3) is 3.92. The molecule has 0 bridgehead atoms. The molecule has 2 saturated heterocycles. The molecule has 2 fully saturated rings. The van der Waals surface area contributed by atoms with Crippen LogP contribution in [0.1, 0.15) is 62.3 Å². The van der Waals surface area contributed by atoms with Gasteiger partial charge in [-0.2, -0.15) is 0 Å². The maximum Gasteiger partial charge on any atom is 0.227 e. The maximum atomic E-state index is 13.8. The van der Waals surface area contributed by atoms with Gasteiger partial charge in [0.05, 0.1) is 5.92 Å². The van der Waals surface area contributed by atoms with Crippen LogP contribution in [0.4, 0.5) is 5.82 Å². The number of nitrogens with one attached hydrogen (secondary N) is 2. The Morgan fingerprint density at radius 3 is 2.69 bits per heavy atom. The number of benzene rings is 1. The van der Waals surface area contributed by atoms with Crippen molar-refractivity contribution >= 4 is 11.7 Å². The lowest BCUT2D eigenvalue weighted by Crippen LogP contribution is -2.49. The first-order valence-corrected chi connectivity index (χ1v) is 12.4. The average Bonchev–Trinajstić information content (AvgIpc) is 3.23. The number of piperidine rings is 1. The Bertz CT molecular complexity index is 951. The molecule has 1 amide bonds. The predicted octanol–water partition coefficient (Wildman–Crippen LogP) is 4.10. The first-order chi connectivity index (χ1) is 15.6. The van der Waals surface area contributed by atoms with Crippen LogP contribution in [0.2, 0.25) is 0 Å². The summed E-state index contributed by atoms with van der Waals surface area (Å²) in [7, 11) is 0. The summed E-state index contributed by atoms with van der Waals surface area (Å²) in [6, 6.07) is 15.5. The molecule has 170 valence electrons. The summed E-state index contributed by atoms with van der Waals surface area (Å²) in [5.41, 5.74) is 3.80. The first-order valence-electron chi connectivity index (χ1n) is 12.4. The van der Waals surface area contributed by atoms with Gasteiger partial charge in [-0.05, 0) is 69.1 Å². The van der Waals surface area contributed by atoms with Crippen molar-refractivity contribution in [1.29, 1.82) is 0 Å². The molecule has 1 spiro atoms. The second-order valence-corrected chi connectivity index (χ2v) is 10.2. The molecular formula is C27H36N4O. The molecule has 2 aromatic rings. The minimum atomic E-state index is -0.107. The minimum Gasteiger partial charge on any atom is -0.368 e. The summed E-state index contributed by atoms with van der Waals surface area (Å²) in [4.78, 5) is 20.9. The number of nitrogens with zero attached hydrogens (tertiary/aromatic N) is 2. The smallest absolute Gasteiger partial charge is 0.227 e. The van der Waals surface area contributed by atoms with Gasteiger partial charge in [0, 0.05) is 43.3 Å². The number of pyridine rings is 1. The van der Waals surface area contributed by atoms with E-state index in [-0.39, 0.29) is 11.3 Å². The highest BCUT2D eigenvalue weighted by Crippen LogP contribution is 2.46. The fraction of sp³-hybridized carbons (Fsp3) is 0.556. The van der Waals surface area contributed by atoms with Gasteiger partial charge in [0.15, 0.2) is 0 Å². The van der Waals surface area contributed by atoms with E-state index < -0.39 is 0 Å². The Morgan fingerprint density at radius 1 is 1.16 bits per heavy atom. The van der Waals surface area contributed by atoms with Gasteiger partial charge in [0.2, 0.25) is 5.91 Å². The van der Waals surface area contributed by atoms with E-state index in [1.165, 1.54) is 16.8 Å². The van der Waals surface area contributed by atoms with Crippen LogP contribution < -0.4 is 10.6 Å². The summed E-state index contributed by atoms with van der Waals surface area (Å²) in [6.07, 6.45) is 5.31. The molecule has 2 atom stereocenters. The molecule has 0 unspecified atom stereocenters. The van der Waals surface area contributed by atoms with Crippen molar-refractivity contribution in [3.05, 3.63) is 59.3 Å². The van der Waals surface area contributed by atoms with Crippen molar-refractivity contribution in [2.75, 3.05) is 31.5 Å². The second kappa shape index (κ2) is 8.86. The van der Waals surface area contributed by atoms with Crippen molar-refractivity contribution in [3.8, 4) is 0 Å². The average molecular weight is 433 g/mol. The topological polar surface area (TPSA) is 57.3 Å². The number of aryl methyl sites for hydroxylation is 1. The Kier molecular flexibility index (Phi) is 5.93. The molecule has 5 rings (SSSR count). The van der Waals surface area contributed by atoms with E-state index in [2.05, 4.69) is 71.8 Å². The first kappa shape index (κ1) is 21.4. The Hall–Kier alpha value is -2.40. The molecule has 3 aliphatic rings. The lowest BCUT2D eigenvalue weighted by molar-refractivity contribution is -0.138. The number of hydrogen-bond acceptors (Lipinski definition) is 4. The highest BCUT2D eigenvalue weighted by Gasteiger charge is 2.51. The monoisotopic (exact) mass is 432 g/mol. The number of carbonyl (C=O) groups excluding carboxylic acids is 1. The summed E-state index contributed by atoms with van der Waals surface area (Å²) >= 11 is 0. The van der Waals surface area contributed by atoms with Crippen molar-refractivity contribution in [1.82, 2.24) is 15.2 Å². The molecule has 2 N–H and O–H groups in total. The van der Waals surface area contributed by atoms with Gasteiger partial charge in [-0.3, -0.25) is 4.79 Å². The Labute approximate surface area is 192 Å². The van der Waals surface area contributed by atoms with E-state index in [0.717, 1.165) is 64.1 Å². The number of carbonyl (C=O) groups is 1. The van der Waals surface area contributed by atoms with Crippen LogP contribution in [0.25, 0.3) is 0 Å². The molecule has 5 nitrogen and oxygen atoms in total. The third-order valence-corrected chi connectivity index (χ3v) is 7.82. The lowest BCUT2D eigenvalue weighted by Gasteiger charge is -2.42. The minimum absolute atomic E-state index is 0.0144. The summed E-state index contributed by atoms with van der Waals surface area (Å²) < 4.78 is 0. The maximum absolute atomic E-state index is 13.8. The quantitative estimate of drug-likeness (QED) is 0.764. The zero-order valence-electron chi connectivity index (χ0n) is 19.4. The van der Waals surface area contributed by atoms with E-state index >= 15 is 0 Å². The van der Waals surface area contributed by atoms with Gasteiger partial charge in [-0.15, -0.1) is 0 Å². The number of anilines is 1. The highest BCUT2D eigenvalue weighted by molar-refractivity contribution is 5.82. The zero-order valence-corrected chi connectivity index (χ0v) is 19.4. The molecule has 0 radical (unpaired) electrons. The van der Waals surface area contributed by atoms with Gasteiger partial charge in [-0.25, -0.2) is 4.98 Å². The van der Waals surface area contributed by atoms with E-state index in [1.54, 1.807) is 0 Å². The van der Waals surface area contributed by atoms with Crippen LogP contribution in [0.5, 0.6) is 0 Å². The Morgan fingerprint density at radius 2 is 1.94 bits per heavy atom. The molecule has 32 heavy (non-hydrogen) atoms. The lowest BCUT2D eigenvalue weighted by atomic mass is 9.65. The van der Waals surface area contributed by atoms with Crippen LogP contribution in [0, 0.1) is 5.92 Å². The molecule has 0 saturated carbocycles. The molecular weight excluding hydrogens is 396 g/mol. The van der Waals surface area contributed by atoms with E-state index in [9.17, 15) is 4.79 Å². The van der Waals surface area contributed by atoms with E-state index in [1.807, 2.05) is 0 Å². The zero-order chi connectivity index (χ0) is 22.1. The SMILES string of the molecule is CC(C)Nc1ccc2c(n1)CCC[C@]21CNC[C@H]1C(=O)N1CCC(c2ccccc2)CC1. The summed E-state index contributed by atoms with van der Waals surface area (Å²) in [5, 5.41) is 7.02. The predicted molar refractivity (Wildman–Crippen MR) is 129 cm³/mol. The van der Waals surface area contributed by atoms with Gasteiger partial charge in [0.1, 0.15) is 5.82 Å². The third-order valence-electron chi connectivity index (χ3n) is 7.82. The van der Waals surface area contributed by atoms with Gasteiger partial charge < -0.3 is 15.5 Å². The van der Waals surface area contributed by atoms with Crippen molar-refractivity contribution in [2.45, 2.75) is 63.3 Å². The van der Waals surface area contributed by atoms with Crippen LogP contribution in [-0.2, 0) is 16.6 Å². The molecule has 5 heteroatoms. The highest BCUT2D eigenvalue weighted by atomic mass is 16.2. The van der Waals surface area contributed by atoms with Crippen molar-refractivity contribution in [2.24, 2.45) is 5.92 Å². The van der Waals surface area contributed by atoms with Crippen molar-refractivity contribution in [3.63, 3.8) is 0 Å². The largest absolute Gasteiger partial charge is 0.368 e.